The Morgan fingerprint density at radius 1 is 0.825 bits per heavy atom. The van der Waals surface area contributed by atoms with Gasteiger partial charge in [0.2, 0.25) is 5.91 Å². The molecule has 5 rings (SSSR count). The molecule has 1 aliphatic rings. The van der Waals surface area contributed by atoms with Crippen molar-refractivity contribution in [2.75, 3.05) is 5.75 Å². The Morgan fingerprint density at radius 2 is 1.55 bits per heavy atom. The SMILES string of the molecule is CC(=O)NCc1cccc(-c2ccc([C@@H]3O[C@H](CSc4ccccc4)[C@H](C)[C@H](c4ccc(CO)cc4)O3)cc2)c1. The van der Waals surface area contributed by atoms with E-state index in [-0.39, 0.29) is 30.6 Å². The lowest BCUT2D eigenvalue weighted by Crippen LogP contribution is -2.38. The number of rotatable bonds is 9. The molecule has 6 heteroatoms. The van der Waals surface area contributed by atoms with Crippen molar-refractivity contribution >= 4 is 17.7 Å². The van der Waals surface area contributed by atoms with Crippen molar-refractivity contribution in [1.82, 2.24) is 5.32 Å². The maximum absolute atomic E-state index is 11.3. The van der Waals surface area contributed by atoms with Crippen LogP contribution in [0.2, 0.25) is 0 Å². The number of thioether (sulfide) groups is 1. The fourth-order valence-electron chi connectivity index (χ4n) is 4.93. The van der Waals surface area contributed by atoms with Crippen molar-refractivity contribution in [3.8, 4) is 11.1 Å². The minimum atomic E-state index is -0.500. The number of ether oxygens (including phenoxy) is 2. The number of carbonyl (C=O) groups is 1. The van der Waals surface area contributed by atoms with E-state index in [1.165, 1.54) is 11.8 Å². The van der Waals surface area contributed by atoms with Gasteiger partial charge >= 0.3 is 0 Å². The number of hydrogen-bond donors (Lipinski definition) is 2. The second-order valence-corrected chi connectivity index (χ2v) is 11.3. The molecule has 4 atom stereocenters. The maximum Gasteiger partial charge on any atom is 0.217 e. The standard InChI is InChI=1S/C34H35NO4S/c1-23-32(22-40-31-9-4-3-5-10-31)38-34(39-33(23)28-13-11-25(21-36)12-14-28)29-17-15-27(16-18-29)30-8-6-7-26(19-30)20-35-24(2)37/h3-19,23,32-34,36H,20-22H2,1-2H3,(H,35,37)/t23-,32+,33+,34+/m0/s1. The van der Waals surface area contributed by atoms with Crippen LogP contribution in [-0.2, 0) is 27.4 Å². The van der Waals surface area contributed by atoms with Crippen molar-refractivity contribution in [3.05, 3.63) is 125 Å². The summed E-state index contributed by atoms with van der Waals surface area (Å²) < 4.78 is 13.2. The minimum absolute atomic E-state index is 0.0170. The highest BCUT2D eigenvalue weighted by Crippen LogP contribution is 2.43. The normalized spacial score (nSPS) is 20.7. The maximum atomic E-state index is 11.3. The third kappa shape index (κ3) is 7.01. The van der Waals surface area contributed by atoms with Crippen LogP contribution in [0, 0.1) is 5.92 Å². The van der Waals surface area contributed by atoms with Crippen LogP contribution in [0.15, 0.2) is 108 Å². The predicted molar refractivity (Wildman–Crippen MR) is 160 cm³/mol. The number of aliphatic hydroxyl groups is 1. The van der Waals surface area contributed by atoms with Crippen LogP contribution in [0.1, 0.15) is 48.5 Å². The largest absolute Gasteiger partial charge is 0.392 e. The van der Waals surface area contributed by atoms with Gasteiger partial charge in [-0.1, -0.05) is 91.9 Å². The van der Waals surface area contributed by atoms with Gasteiger partial charge in [0, 0.05) is 35.6 Å². The van der Waals surface area contributed by atoms with Gasteiger partial charge in [0.05, 0.1) is 18.8 Å². The Labute approximate surface area is 240 Å². The highest BCUT2D eigenvalue weighted by atomic mass is 32.2. The lowest BCUT2D eigenvalue weighted by atomic mass is 9.91. The van der Waals surface area contributed by atoms with E-state index in [4.69, 9.17) is 9.47 Å². The average molecular weight is 554 g/mol. The zero-order valence-corrected chi connectivity index (χ0v) is 23.6. The van der Waals surface area contributed by atoms with Gasteiger partial charge in [-0.2, -0.15) is 0 Å². The number of benzene rings is 4. The molecular formula is C34H35NO4S. The molecule has 4 aromatic carbocycles. The molecule has 0 aromatic heterocycles. The van der Waals surface area contributed by atoms with E-state index in [1.807, 2.05) is 42.5 Å². The molecular weight excluding hydrogens is 518 g/mol. The second-order valence-electron chi connectivity index (χ2n) is 10.2. The lowest BCUT2D eigenvalue weighted by molar-refractivity contribution is -0.268. The Morgan fingerprint density at radius 3 is 2.25 bits per heavy atom. The summed E-state index contributed by atoms with van der Waals surface area (Å²) in [7, 11) is 0. The molecule has 0 aliphatic carbocycles. The molecule has 0 unspecified atom stereocenters. The number of aliphatic hydroxyl groups excluding tert-OH is 1. The van der Waals surface area contributed by atoms with E-state index in [2.05, 4.69) is 72.9 Å². The van der Waals surface area contributed by atoms with Crippen LogP contribution < -0.4 is 5.32 Å². The number of carbonyl (C=O) groups excluding carboxylic acids is 1. The molecule has 0 bridgehead atoms. The van der Waals surface area contributed by atoms with E-state index >= 15 is 0 Å². The topological polar surface area (TPSA) is 67.8 Å². The lowest BCUT2D eigenvalue weighted by Gasteiger charge is -2.41. The van der Waals surface area contributed by atoms with Crippen molar-refractivity contribution in [3.63, 3.8) is 0 Å². The zero-order chi connectivity index (χ0) is 27.9. The van der Waals surface area contributed by atoms with Gasteiger partial charge in [-0.15, -0.1) is 11.8 Å². The first kappa shape index (κ1) is 28.1. The minimum Gasteiger partial charge on any atom is -0.392 e. The first-order valence-electron chi connectivity index (χ1n) is 13.6. The molecule has 2 N–H and O–H groups in total. The molecule has 1 fully saturated rings. The molecule has 0 spiro atoms. The Hall–Kier alpha value is -3.42. The quantitative estimate of drug-likeness (QED) is 0.217. The van der Waals surface area contributed by atoms with Crippen molar-refractivity contribution in [2.24, 2.45) is 5.92 Å². The Bertz CT molecular complexity index is 1390. The summed E-state index contributed by atoms with van der Waals surface area (Å²) in [6, 6.07) is 34.9. The third-order valence-electron chi connectivity index (χ3n) is 7.27. The van der Waals surface area contributed by atoms with Gasteiger partial charge in [-0.05, 0) is 46.0 Å². The molecule has 1 saturated heterocycles. The van der Waals surface area contributed by atoms with Crippen LogP contribution in [-0.4, -0.2) is 22.9 Å². The molecule has 0 radical (unpaired) electrons. The van der Waals surface area contributed by atoms with Crippen LogP contribution in [0.5, 0.6) is 0 Å². The summed E-state index contributed by atoms with van der Waals surface area (Å²) in [5, 5.41) is 12.4. The molecule has 1 amide bonds. The molecule has 206 valence electrons. The number of nitrogens with one attached hydrogen (secondary N) is 1. The van der Waals surface area contributed by atoms with Gasteiger partial charge in [-0.3, -0.25) is 4.79 Å². The van der Waals surface area contributed by atoms with Crippen LogP contribution in [0.3, 0.4) is 0 Å². The molecule has 1 heterocycles. The highest BCUT2D eigenvalue weighted by Gasteiger charge is 2.38. The fraction of sp³-hybridized carbons (Fsp3) is 0.265. The van der Waals surface area contributed by atoms with E-state index in [0.717, 1.165) is 39.1 Å². The molecule has 40 heavy (non-hydrogen) atoms. The van der Waals surface area contributed by atoms with Crippen molar-refractivity contribution < 1.29 is 19.4 Å². The summed E-state index contributed by atoms with van der Waals surface area (Å²) in [5.74, 6) is 0.910. The summed E-state index contributed by atoms with van der Waals surface area (Å²) in [6.45, 7) is 4.24. The smallest absolute Gasteiger partial charge is 0.217 e. The van der Waals surface area contributed by atoms with Crippen molar-refractivity contribution in [1.29, 1.82) is 0 Å². The second kappa shape index (κ2) is 13.3. The van der Waals surface area contributed by atoms with Crippen LogP contribution in [0.4, 0.5) is 0 Å². The van der Waals surface area contributed by atoms with E-state index < -0.39 is 6.29 Å². The first-order valence-corrected chi connectivity index (χ1v) is 14.6. The Balaban J connectivity index is 1.36. The van der Waals surface area contributed by atoms with Gasteiger partial charge in [0.15, 0.2) is 6.29 Å². The average Bonchev–Trinajstić information content (AvgIpc) is 3.00. The van der Waals surface area contributed by atoms with Crippen molar-refractivity contribution in [2.45, 2.75) is 50.4 Å². The van der Waals surface area contributed by atoms with Crippen LogP contribution >= 0.6 is 11.8 Å². The first-order chi connectivity index (χ1) is 19.5. The van der Waals surface area contributed by atoms with Gasteiger partial charge in [-0.25, -0.2) is 0 Å². The van der Waals surface area contributed by atoms with Gasteiger partial charge in [0.25, 0.3) is 0 Å². The predicted octanol–water partition coefficient (Wildman–Crippen LogP) is 7.07. The van der Waals surface area contributed by atoms with Crippen LogP contribution in [0.25, 0.3) is 11.1 Å². The molecule has 5 nitrogen and oxygen atoms in total. The fourth-order valence-corrected chi connectivity index (χ4v) is 6.01. The Kier molecular flexibility index (Phi) is 9.34. The monoisotopic (exact) mass is 553 g/mol. The molecule has 4 aromatic rings. The van der Waals surface area contributed by atoms with Gasteiger partial charge < -0.3 is 19.9 Å². The summed E-state index contributed by atoms with van der Waals surface area (Å²) in [6.07, 6.45) is -0.658. The number of amides is 1. The zero-order valence-electron chi connectivity index (χ0n) is 22.8. The highest BCUT2D eigenvalue weighted by molar-refractivity contribution is 7.99. The molecule has 0 saturated carbocycles. The van der Waals surface area contributed by atoms with E-state index in [0.29, 0.717) is 6.54 Å². The van der Waals surface area contributed by atoms with Gasteiger partial charge in [0.1, 0.15) is 0 Å². The molecule has 1 aliphatic heterocycles. The number of hydrogen-bond acceptors (Lipinski definition) is 5. The van der Waals surface area contributed by atoms with E-state index in [1.54, 1.807) is 11.8 Å². The summed E-state index contributed by atoms with van der Waals surface area (Å²) in [5.41, 5.74) is 6.17. The third-order valence-corrected chi connectivity index (χ3v) is 8.37. The van der Waals surface area contributed by atoms with E-state index in [9.17, 15) is 9.90 Å². The summed E-state index contributed by atoms with van der Waals surface area (Å²) >= 11 is 1.80. The summed E-state index contributed by atoms with van der Waals surface area (Å²) in [4.78, 5) is 12.5.